The van der Waals surface area contributed by atoms with Crippen LogP contribution in [0.25, 0.3) is 0 Å². The molecule has 0 radical (unpaired) electrons. The van der Waals surface area contributed by atoms with Crippen molar-refractivity contribution in [3.8, 4) is 11.5 Å². The predicted octanol–water partition coefficient (Wildman–Crippen LogP) is 5.48. The fourth-order valence-corrected chi connectivity index (χ4v) is 3.25. The van der Waals surface area contributed by atoms with Crippen molar-refractivity contribution in [3.63, 3.8) is 0 Å². The summed E-state index contributed by atoms with van der Waals surface area (Å²) in [4.78, 5) is 17.2. The fourth-order valence-electron chi connectivity index (χ4n) is 3.04. The van der Waals surface area contributed by atoms with Gasteiger partial charge in [0.15, 0.2) is 5.84 Å². The molecule has 33 heavy (non-hydrogen) atoms. The minimum absolute atomic E-state index is 0.0117. The summed E-state index contributed by atoms with van der Waals surface area (Å²) < 4.78 is 0. The highest BCUT2D eigenvalue weighted by Gasteiger charge is 2.14. The molecule has 0 spiro atoms. The molecule has 0 amide bonds. The van der Waals surface area contributed by atoms with Gasteiger partial charge < -0.3 is 15.9 Å². The molecule has 1 atom stereocenters. The highest BCUT2D eigenvalue weighted by atomic mass is 32.1. The molecule has 0 saturated carbocycles. The number of rotatable bonds is 6. The third-order valence-corrected chi connectivity index (χ3v) is 4.81. The van der Waals surface area contributed by atoms with E-state index in [0.717, 1.165) is 5.56 Å². The van der Waals surface area contributed by atoms with E-state index in [9.17, 15) is 10.2 Å². The van der Waals surface area contributed by atoms with Crippen LogP contribution in [0, 0.1) is 0 Å². The van der Waals surface area contributed by atoms with Gasteiger partial charge in [-0.15, -0.1) is 0 Å². The number of hydrogen-bond donors (Lipinski definition) is 3. The van der Waals surface area contributed by atoms with Crippen molar-refractivity contribution in [2.75, 3.05) is 0 Å². The average molecular weight is 474 g/mol. The fraction of sp³-hybridized carbons (Fsp3) is 0.0833. The summed E-state index contributed by atoms with van der Waals surface area (Å²) in [5, 5.41) is 25.2. The third-order valence-electron chi connectivity index (χ3n) is 4.62. The van der Waals surface area contributed by atoms with Crippen LogP contribution in [0.2, 0.25) is 0 Å². The van der Waals surface area contributed by atoms with Crippen molar-refractivity contribution in [3.05, 3.63) is 83.4 Å². The Kier molecular flexibility index (Phi) is 7.91. The second-order valence-electron chi connectivity index (χ2n) is 6.85. The normalized spacial score (nSPS) is 12.4. The number of para-hydroxylation sites is 2. The number of thiocarbonyl (C=S) groups is 2. The molecule has 0 saturated heterocycles. The Morgan fingerprint density at radius 3 is 1.88 bits per heavy atom. The van der Waals surface area contributed by atoms with Crippen LogP contribution in [0.4, 0.5) is 11.4 Å². The molecule has 0 fully saturated rings. The van der Waals surface area contributed by atoms with Crippen LogP contribution in [0.5, 0.6) is 11.5 Å². The summed E-state index contributed by atoms with van der Waals surface area (Å²) in [7, 11) is 0. The van der Waals surface area contributed by atoms with Crippen LogP contribution < -0.4 is 5.73 Å². The first-order valence-electron chi connectivity index (χ1n) is 9.72. The first-order chi connectivity index (χ1) is 15.9. The SMILES string of the molecule is CC(N=C(N=C(N)c1ccccc1O)c1ccccc1O)c1cc(N=C=S)cc(N=C=S)c1. The number of isothiocyanates is 2. The zero-order chi connectivity index (χ0) is 23.8. The van der Waals surface area contributed by atoms with Crippen molar-refractivity contribution >= 4 is 57.8 Å². The van der Waals surface area contributed by atoms with E-state index >= 15 is 0 Å². The van der Waals surface area contributed by atoms with Gasteiger partial charge in [-0.1, -0.05) is 24.3 Å². The van der Waals surface area contributed by atoms with Crippen molar-refractivity contribution in [1.29, 1.82) is 0 Å². The summed E-state index contributed by atoms with van der Waals surface area (Å²) in [6, 6.07) is 18.0. The lowest BCUT2D eigenvalue weighted by atomic mass is 10.1. The average Bonchev–Trinajstić information content (AvgIpc) is 2.79. The zero-order valence-corrected chi connectivity index (χ0v) is 19.1. The zero-order valence-electron chi connectivity index (χ0n) is 17.5. The highest BCUT2D eigenvalue weighted by molar-refractivity contribution is 7.78. The van der Waals surface area contributed by atoms with Crippen molar-refractivity contribution in [1.82, 2.24) is 0 Å². The van der Waals surface area contributed by atoms with Gasteiger partial charge in [0.25, 0.3) is 0 Å². The monoisotopic (exact) mass is 473 g/mol. The molecule has 3 rings (SSSR count). The van der Waals surface area contributed by atoms with Crippen LogP contribution in [-0.4, -0.2) is 32.2 Å². The highest BCUT2D eigenvalue weighted by Crippen LogP contribution is 2.30. The number of nitrogens with zero attached hydrogens (tertiary/aromatic N) is 4. The molecular weight excluding hydrogens is 454 g/mol. The minimum atomic E-state index is -0.445. The lowest BCUT2D eigenvalue weighted by molar-refractivity contribution is 0.474. The summed E-state index contributed by atoms with van der Waals surface area (Å²) in [5.74, 6) is 0.205. The summed E-state index contributed by atoms with van der Waals surface area (Å²) in [6.45, 7) is 1.84. The van der Waals surface area contributed by atoms with Gasteiger partial charge in [-0.05, 0) is 79.4 Å². The number of phenols is 2. The number of phenolic OH excluding ortho intramolecular Hbond substituents is 2. The van der Waals surface area contributed by atoms with Crippen molar-refractivity contribution in [2.24, 2.45) is 25.7 Å². The van der Waals surface area contributed by atoms with Crippen LogP contribution in [0.3, 0.4) is 0 Å². The van der Waals surface area contributed by atoms with Gasteiger partial charge in [-0.3, -0.25) is 4.99 Å². The number of benzene rings is 3. The van der Waals surface area contributed by atoms with Gasteiger partial charge in [0, 0.05) is 0 Å². The Bertz CT molecular complexity index is 1300. The molecule has 0 heterocycles. The molecule has 0 aliphatic carbocycles. The third kappa shape index (κ3) is 6.04. The maximum Gasteiger partial charge on any atom is 0.161 e. The molecular formula is C24H19N5O2S2. The predicted molar refractivity (Wildman–Crippen MR) is 138 cm³/mol. The van der Waals surface area contributed by atoms with E-state index in [1.54, 1.807) is 54.6 Å². The number of aliphatic imine (C=N–C) groups is 4. The smallest absolute Gasteiger partial charge is 0.161 e. The maximum atomic E-state index is 10.4. The molecule has 4 N–H and O–H groups in total. The van der Waals surface area contributed by atoms with Gasteiger partial charge in [-0.2, -0.15) is 9.98 Å². The van der Waals surface area contributed by atoms with Crippen LogP contribution >= 0.6 is 24.4 Å². The summed E-state index contributed by atoms with van der Waals surface area (Å²) >= 11 is 9.43. The summed E-state index contributed by atoms with van der Waals surface area (Å²) in [5.41, 5.74) is 8.74. The van der Waals surface area contributed by atoms with Gasteiger partial charge >= 0.3 is 0 Å². The minimum Gasteiger partial charge on any atom is -0.507 e. The van der Waals surface area contributed by atoms with Gasteiger partial charge in [0.2, 0.25) is 0 Å². The Morgan fingerprint density at radius 1 is 0.848 bits per heavy atom. The van der Waals surface area contributed by atoms with Gasteiger partial charge in [-0.25, -0.2) is 4.99 Å². The topological polar surface area (TPSA) is 116 Å². The van der Waals surface area contributed by atoms with E-state index in [2.05, 4.69) is 25.3 Å². The van der Waals surface area contributed by atoms with Crippen LogP contribution in [0.1, 0.15) is 29.7 Å². The van der Waals surface area contributed by atoms with E-state index < -0.39 is 6.04 Å². The van der Waals surface area contributed by atoms with E-state index in [-0.39, 0.29) is 23.2 Å². The molecule has 0 aromatic heterocycles. The second kappa shape index (κ2) is 11.0. The van der Waals surface area contributed by atoms with Crippen molar-refractivity contribution in [2.45, 2.75) is 13.0 Å². The number of hydrogen-bond acceptors (Lipinski definition) is 7. The lowest BCUT2D eigenvalue weighted by Gasteiger charge is -2.12. The molecule has 0 aliphatic rings. The van der Waals surface area contributed by atoms with E-state index in [4.69, 9.17) is 35.2 Å². The Morgan fingerprint density at radius 2 is 1.36 bits per heavy atom. The van der Waals surface area contributed by atoms with Gasteiger partial charge in [0.05, 0.1) is 38.9 Å². The molecule has 0 bridgehead atoms. The summed E-state index contributed by atoms with van der Waals surface area (Å²) in [6.07, 6.45) is 0. The van der Waals surface area contributed by atoms with E-state index in [1.165, 1.54) is 12.1 Å². The van der Waals surface area contributed by atoms with E-state index in [0.29, 0.717) is 22.5 Å². The molecule has 7 nitrogen and oxygen atoms in total. The van der Waals surface area contributed by atoms with Crippen molar-refractivity contribution < 1.29 is 10.2 Å². The Labute approximate surface area is 201 Å². The number of aromatic hydroxyl groups is 2. The lowest BCUT2D eigenvalue weighted by Crippen LogP contribution is -2.17. The number of nitrogens with two attached hydrogens (primary N) is 1. The quantitative estimate of drug-likeness (QED) is 0.249. The van der Waals surface area contributed by atoms with E-state index in [1.807, 2.05) is 6.92 Å². The largest absolute Gasteiger partial charge is 0.507 e. The first-order valence-corrected chi connectivity index (χ1v) is 10.5. The molecule has 1 unspecified atom stereocenters. The van der Waals surface area contributed by atoms with Gasteiger partial charge in [0.1, 0.15) is 17.3 Å². The second-order valence-corrected chi connectivity index (χ2v) is 7.21. The van der Waals surface area contributed by atoms with Crippen LogP contribution in [0.15, 0.2) is 86.7 Å². The first kappa shape index (κ1) is 23.7. The Hall–Kier alpha value is -4.00. The van der Waals surface area contributed by atoms with Crippen LogP contribution in [-0.2, 0) is 0 Å². The molecule has 3 aromatic rings. The molecule has 0 aliphatic heterocycles. The standard InChI is InChI=1S/C24H19N5O2S2/c1-15(16-10-17(26-13-32)12-18(11-16)27-14-33)28-24(20-7-3-5-9-22(20)31)29-23(25)19-6-2-4-8-21(19)30/h2-12,15,30-31H,1H3,(H2,25,28,29). The maximum absolute atomic E-state index is 10.4. The molecule has 3 aromatic carbocycles. The molecule has 164 valence electrons. The number of amidine groups is 2. The molecule has 9 heteroatoms. The Balaban J connectivity index is 2.15.